The zero-order valence-electron chi connectivity index (χ0n) is 24.8. The molecule has 7 nitrogen and oxygen atoms in total. The topological polar surface area (TPSA) is 79.1 Å². The van der Waals surface area contributed by atoms with Crippen LogP contribution >= 0.6 is 0 Å². The third kappa shape index (κ3) is 4.48. The van der Waals surface area contributed by atoms with Crippen molar-refractivity contribution in [1.29, 1.82) is 0 Å². The van der Waals surface area contributed by atoms with Crippen molar-refractivity contribution in [1.82, 2.24) is 19.7 Å². The first-order chi connectivity index (χ1) is 21.1. The molecule has 3 aliphatic carbocycles. The van der Waals surface area contributed by atoms with Gasteiger partial charge in [-0.1, -0.05) is 62.8 Å². The molecule has 44 heavy (non-hydrogen) atoms. The number of aromatic nitrogens is 4. The molecular weight excluding hydrogens is 729 g/mol. The molecule has 3 heterocycles. The van der Waals surface area contributed by atoms with Gasteiger partial charge in [-0.25, -0.2) is 5.10 Å². The molecule has 0 N–H and O–H groups in total. The van der Waals surface area contributed by atoms with Gasteiger partial charge in [0, 0.05) is 33.3 Å². The Hall–Kier alpha value is -3.61. The minimum Gasteiger partial charge on any atom is -0.500 e. The van der Waals surface area contributed by atoms with Gasteiger partial charge in [-0.05, 0) is 47.7 Å². The minimum absolute atomic E-state index is 0. The van der Waals surface area contributed by atoms with Gasteiger partial charge in [0.25, 0.3) is 0 Å². The first-order valence-electron chi connectivity index (χ1n) is 15.6. The van der Waals surface area contributed by atoms with Crippen LogP contribution in [0.1, 0.15) is 75.3 Å². The quantitative estimate of drug-likeness (QED) is 0.133. The van der Waals surface area contributed by atoms with Crippen molar-refractivity contribution in [2.75, 3.05) is 6.79 Å². The summed E-state index contributed by atoms with van der Waals surface area (Å²) in [5, 5.41) is 7.33. The number of fused-ring (bicyclic) bond motifs is 8. The van der Waals surface area contributed by atoms with Gasteiger partial charge in [-0.15, -0.1) is 46.7 Å². The van der Waals surface area contributed by atoms with E-state index in [1.54, 1.807) is 11.0 Å². The molecule has 3 aromatic carbocycles. The van der Waals surface area contributed by atoms with Crippen LogP contribution in [0.5, 0.6) is 11.5 Å². The van der Waals surface area contributed by atoms with E-state index >= 15 is 0 Å². The molecule has 9 rings (SSSR count). The van der Waals surface area contributed by atoms with E-state index < -0.39 is 0 Å². The molecule has 0 amide bonds. The average molecular weight is 763 g/mol. The molecule has 8 heteroatoms. The summed E-state index contributed by atoms with van der Waals surface area (Å²) < 4.78 is 12.8. The van der Waals surface area contributed by atoms with Crippen molar-refractivity contribution in [2.24, 2.45) is 7.05 Å². The van der Waals surface area contributed by atoms with Crippen LogP contribution in [0.3, 0.4) is 0 Å². The van der Waals surface area contributed by atoms with Gasteiger partial charge < -0.3 is 14.5 Å². The number of carbonyl (C=O) groups is 1. The number of hydrogen-bond donors (Lipinski definition) is 0. The van der Waals surface area contributed by atoms with Crippen molar-refractivity contribution in [3.05, 3.63) is 78.2 Å². The molecule has 5 aromatic rings. The van der Waals surface area contributed by atoms with E-state index in [-0.39, 0.29) is 37.7 Å². The number of benzene rings is 3. The van der Waals surface area contributed by atoms with Gasteiger partial charge in [-0.3, -0.25) is 14.5 Å². The van der Waals surface area contributed by atoms with Crippen molar-refractivity contribution >= 4 is 27.5 Å². The normalized spacial score (nSPS) is 19.1. The average Bonchev–Trinajstić information content (AvgIpc) is 3.76. The Morgan fingerprint density at radius 3 is 2.39 bits per heavy atom. The number of hydrogen-bond acceptors (Lipinski definition) is 6. The second kappa shape index (κ2) is 11.4. The standard InChI is InChI=1S/C27H26NO3.C9H8N3.Ir/c29-25-26(9-3-1-4-10-26)20-15-28-24-18(23(20)27(25)11-5-2-6-12-27)8-7-17-13-21-22(14-19(17)24)31-16-30-21;1-12-7-10-9(11-12)8-5-3-2-4-6-8;/h7-8,13,15H,1-6,9-12,16H2;2-5,7H,1H3;/q2*-1;. The molecule has 0 unspecified atom stereocenters. The van der Waals surface area contributed by atoms with Crippen LogP contribution in [-0.4, -0.2) is 32.3 Å². The Bertz CT molecular complexity index is 1860. The number of rotatable bonds is 1. The maximum atomic E-state index is 14.3. The second-order valence-electron chi connectivity index (χ2n) is 12.5. The third-order valence-electron chi connectivity index (χ3n) is 10.1. The minimum atomic E-state index is -0.323. The second-order valence-corrected chi connectivity index (χ2v) is 12.5. The van der Waals surface area contributed by atoms with E-state index in [1.807, 2.05) is 37.4 Å². The summed E-state index contributed by atoms with van der Waals surface area (Å²) in [5.74, 6) is 2.64. The molecule has 0 saturated heterocycles. The van der Waals surface area contributed by atoms with Gasteiger partial charge in [0.1, 0.15) is 6.33 Å². The summed E-state index contributed by atoms with van der Waals surface area (Å²) >= 11 is 0. The summed E-state index contributed by atoms with van der Waals surface area (Å²) in [6.07, 6.45) is 14.8. The Labute approximate surface area is 270 Å². The van der Waals surface area contributed by atoms with Crippen molar-refractivity contribution < 1.29 is 34.4 Å². The van der Waals surface area contributed by atoms with Crippen molar-refractivity contribution in [3.8, 4) is 22.9 Å². The molecule has 1 aliphatic heterocycles. The van der Waals surface area contributed by atoms with Crippen LogP contribution in [-0.2, 0) is 42.8 Å². The maximum Gasteiger partial charge on any atom is 0.218 e. The zero-order chi connectivity index (χ0) is 29.0. The Balaban J connectivity index is 0.000000203. The number of aryl methyl sites for hydroxylation is 1. The Kier molecular flexibility index (Phi) is 7.54. The predicted molar refractivity (Wildman–Crippen MR) is 164 cm³/mol. The third-order valence-corrected chi connectivity index (χ3v) is 10.1. The first kappa shape index (κ1) is 29.1. The van der Waals surface area contributed by atoms with Crippen LogP contribution in [0.15, 0.2) is 55.0 Å². The molecule has 2 saturated carbocycles. The van der Waals surface area contributed by atoms with E-state index in [1.165, 1.54) is 24.0 Å². The fourth-order valence-corrected chi connectivity index (χ4v) is 8.13. The number of pyridine rings is 1. The van der Waals surface area contributed by atoms with Crippen molar-refractivity contribution in [2.45, 2.75) is 75.0 Å². The smallest absolute Gasteiger partial charge is 0.218 e. The van der Waals surface area contributed by atoms with Crippen molar-refractivity contribution in [3.63, 3.8) is 0 Å². The molecule has 0 bridgehead atoms. The van der Waals surface area contributed by atoms with Crippen LogP contribution in [0, 0.1) is 12.1 Å². The summed E-state index contributed by atoms with van der Waals surface area (Å²) in [4.78, 5) is 23.4. The maximum absolute atomic E-state index is 14.3. The largest absolute Gasteiger partial charge is 0.500 e. The predicted octanol–water partition coefficient (Wildman–Crippen LogP) is 7.18. The summed E-state index contributed by atoms with van der Waals surface area (Å²) in [6, 6.07) is 20.5. The van der Waals surface area contributed by atoms with Crippen LogP contribution in [0.4, 0.5) is 0 Å². The van der Waals surface area contributed by atoms with E-state index in [4.69, 9.17) is 14.5 Å². The molecular formula is C36H34IrN4O3-2. The number of carbonyl (C=O) groups excluding carboxylic acids is 1. The van der Waals surface area contributed by atoms with Gasteiger partial charge >= 0.3 is 0 Å². The van der Waals surface area contributed by atoms with Crippen LogP contribution in [0.25, 0.3) is 33.1 Å². The molecule has 4 aliphatic rings. The number of Topliss-reactive ketones (excluding diaryl/α,β-unsaturated/α-hetero) is 1. The van der Waals surface area contributed by atoms with E-state index in [0.717, 1.165) is 90.2 Å². The Morgan fingerprint density at radius 1 is 0.909 bits per heavy atom. The molecule has 1 radical (unpaired) electrons. The Morgan fingerprint density at radius 2 is 1.68 bits per heavy atom. The molecule has 0 atom stereocenters. The van der Waals surface area contributed by atoms with E-state index in [0.29, 0.717) is 11.5 Å². The fourth-order valence-electron chi connectivity index (χ4n) is 8.13. The van der Waals surface area contributed by atoms with E-state index in [9.17, 15) is 4.79 Å². The zero-order valence-corrected chi connectivity index (χ0v) is 27.2. The number of nitrogens with zero attached hydrogens (tertiary/aromatic N) is 4. The molecule has 2 aromatic heterocycles. The summed E-state index contributed by atoms with van der Waals surface area (Å²) in [6.45, 7) is 0.239. The summed E-state index contributed by atoms with van der Waals surface area (Å²) in [5.41, 5.74) is 3.79. The monoisotopic (exact) mass is 763 g/mol. The SMILES string of the molecule is Cn1cnc(-c2[c-]cccc2)n1.O=C1C2(CCCCC2)c2cnc3c(ccc4cc5c([c-]c43)OCO5)c2C12CCCCC2.[Ir]. The van der Waals surface area contributed by atoms with E-state index in [2.05, 4.69) is 40.5 Å². The number of ether oxygens (including phenoxy) is 2. The molecule has 2 fully saturated rings. The van der Waals surface area contributed by atoms with Gasteiger partial charge in [-0.2, -0.15) is 0 Å². The van der Waals surface area contributed by atoms with Crippen LogP contribution in [0.2, 0.25) is 0 Å². The van der Waals surface area contributed by atoms with Crippen LogP contribution < -0.4 is 9.47 Å². The van der Waals surface area contributed by atoms with Gasteiger partial charge in [0.2, 0.25) is 6.79 Å². The van der Waals surface area contributed by atoms with Gasteiger partial charge in [0.15, 0.2) is 5.78 Å². The summed E-state index contributed by atoms with van der Waals surface area (Å²) in [7, 11) is 1.85. The van der Waals surface area contributed by atoms with Gasteiger partial charge in [0.05, 0.1) is 28.2 Å². The molecule has 2 spiro atoms. The fraction of sp³-hybridized carbons (Fsp3) is 0.389. The molecule has 227 valence electrons. The first-order valence-corrected chi connectivity index (χ1v) is 15.6. The number of ketones is 1.